The van der Waals surface area contributed by atoms with Crippen LogP contribution in [0.5, 0.6) is 0 Å². The van der Waals surface area contributed by atoms with Gasteiger partial charge in [0.05, 0.1) is 59.3 Å². The summed E-state index contributed by atoms with van der Waals surface area (Å²) in [5, 5.41) is 38.1. The van der Waals surface area contributed by atoms with E-state index in [1.165, 1.54) is 9.80 Å². The van der Waals surface area contributed by atoms with Gasteiger partial charge in [-0.2, -0.15) is 0 Å². The molecule has 0 radical (unpaired) electrons. The standard InChI is InChI=1S/C56H57BN12O8/c1-56(31-71,47(73)29-69-45-20-7-5-16-38(45)49(43-18-9-11-22-61-43)65-51(53(69)75)66-54(76)62-34-14-12-13-33(25-34)58-2)40-27-39(40)32-23-35(59-3)26-36(24-32)63-55(77)67-50-52(74)68(28-46(72)41(57)30-70)44-19-6-4-15-37(44)48(64-50)42-17-8-10-21-60-42/h4-26,39-41,50-51,58-59,70-71H,27-31,57H2,1-3H3,(H2,62,66,76)(H2,63,67,77)/t39?,40?,41-,50+,51+,56-/m1/s1. The van der Waals surface area contributed by atoms with Crippen LogP contribution in [0.15, 0.2) is 150 Å². The van der Waals surface area contributed by atoms with Crippen molar-refractivity contribution >= 4 is 88.8 Å². The molecule has 1 aliphatic carbocycles. The molecule has 2 aromatic heterocycles. The van der Waals surface area contributed by atoms with E-state index in [-0.39, 0.29) is 12.5 Å². The van der Waals surface area contributed by atoms with E-state index in [9.17, 15) is 39.0 Å². The first-order chi connectivity index (χ1) is 37.2. The molecule has 0 spiro atoms. The van der Waals surface area contributed by atoms with Crippen LogP contribution in [0.25, 0.3) is 0 Å². The van der Waals surface area contributed by atoms with Gasteiger partial charge in [0.15, 0.2) is 5.78 Å². The van der Waals surface area contributed by atoms with Crippen molar-refractivity contribution in [1.29, 1.82) is 0 Å². The summed E-state index contributed by atoms with van der Waals surface area (Å²) in [6, 6.07) is 35.2. The Kier molecular flexibility index (Phi) is 15.6. The van der Waals surface area contributed by atoms with Gasteiger partial charge in [0, 0.05) is 72.8 Å². The lowest BCUT2D eigenvalue weighted by molar-refractivity contribution is -0.132. The second-order valence-electron chi connectivity index (χ2n) is 19.2. The fourth-order valence-corrected chi connectivity index (χ4v) is 9.62. The van der Waals surface area contributed by atoms with Crippen LogP contribution < -0.4 is 41.7 Å². The van der Waals surface area contributed by atoms with E-state index in [1.807, 2.05) is 12.1 Å². The minimum absolute atomic E-state index is 0.279. The van der Waals surface area contributed by atoms with Crippen LogP contribution in [0.1, 0.15) is 47.3 Å². The zero-order valence-corrected chi connectivity index (χ0v) is 42.7. The quantitative estimate of drug-likeness (QED) is 0.0550. The lowest BCUT2D eigenvalue weighted by Crippen LogP contribution is -2.52. The number of carbonyl (C=O) groups excluding carboxylic acids is 6. The number of aromatic nitrogens is 2. The molecule has 9 rings (SSSR count). The highest BCUT2D eigenvalue weighted by molar-refractivity contribution is 6.26. The molecule has 1 fully saturated rings. The minimum atomic E-state index is -1.52. The second-order valence-corrected chi connectivity index (χ2v) is 19.2. The third-order valence-electron chi connectivity index (χ3n) is 14.1. The van der Waals surface area contributed by atoms with Crippen molar-refractivity contribution in [3.8, 4) is 0 Å². The summed E-state index contributed by atoms with van der Waals surface area (Å²) in [6.45, 7) is -0.161. The van der Waals surface area contributed by atoms with E-state index in [0.29, 0.717) is 68.8 Å². The van der Waals surface area contributed by atoms with Crippen molar-refractivity contribution in [3.63, 3.8) is 0 Å². The number of urea groups is 2. The highest BCUT2D eigenvalue weighted by Gasteiger charge is 2.55. The molecule has 0 bridgehead atoms. The number of carbonyl (C=O) groups is 6. The number of fused-ring (bicyclic) bond motifs is 2. The van der Waals surface area contributed by atoms with Crippen molar-refractivity contribution in [2.45, 2.75) is 37.4 Å². The molecule has 4 heterocycles. The number of aliphatic hydroxyl groups is 2. The van der Waals surface area contributed by atoms with Gasteiger partial charge in [-0.05, 0) is 96.6 Å². The summed E-state index contributed by atoms with van der Waals surface area (Å²) < 4.78 is 0. The molecule has 4 aromatic carbocycles. The van der Waals surface area contributed by atoms with Gasteiger partial charge in [-0.15, -0.1) is 0 Å². The van der Waals surface area contributed by atoms with Crippen molar-refractivity contribution < 1.29 is 39.0 Å². The van der Waals surface area contributed by atoms with Gasteiger partial charge in [0.25, 0.3) is 11.8 Å². The van der Waals surface area contributed by atoms with E-state index in [4.69, 9.17) is 9.98 Å². The monoisotopic (exact) mass is 1040 g/mol. The Labute approximate surface area is 444 Å². The maximum absolute atomic E-state index is 14.9. The normalized spacial score (nSPS) is 18.8. The van der Waals surface area contributed by atoms with Crippen molar-refractivity contribution in [2.75, 3.05) is 71.5 Å². The van der Waals surface area contributed by atoms with Crippen molar-refractivity contribution in [1.82, 2.24) is 20.6 Å². The molecule has 2 aliphatic heterocycles. The zero-order chi connectivity index (χ0) is 54.4. The fourth-order valence-electron chi connectivity index (χ4n) is 9.62. The minimum Gasteiger partial charge on any atom is -0.396 e. The average molecular weight is 1040 g/mol. The number of Topliss-reactive ketones (excluding diaryl/α,β-unsaturated/α-hetero) is 2. The predicted octanol–water partition coefficient (Wildman–Crippen LogP) is 4.58. The first-order valence-corrected chi connectivity index (χ1v) is 25.1. The highest BCUT2D eigenvalue weighted by Crippen LogP contribution is 2.58. The summed E-state index contributed by atoms with van der Waals surface area (Å²) in [5.41, 5.74) is 4.75. The molecular formula is C56H57BN12O8. The van der Waals surface area contributed by atoms with Crippen LogP contribution in [0, 0.1) is 11.3 Å². The Bertz CT molecular complexity index is 3310. The number of benzodiazepines with no additional fused rings is 2. The van der Waals surface area contributed by atoms with Gasteiger partial charge in [0.1, 0.15) is 13.6 Å². The van der Waals surface area contributed by atoms with E-state index >= 15 is 0 Å². The topological polar surface area (TPSA) is 272 Å². The largest absolute Gasteiger partial charge is 0.396 e. The van der Waals surface area contributed by atoms with E-state index in [2.05, 4.69) is 41.9 Å². The summed E-state index contributed by atoms with van der Waals surface area (Å²) >= 11 is 0. The Morgan fingerprint density at radius 2 is 1.16 bits per heavy atom. The van der Waals surface area contributed by atoms with Gasteiger partial charge in [-0.3, -0.25) is 29.1 Å². The van der Waals surface area contributed by atoms with Gasteiger partial charge < -0.3 is 51.9 Å². The molecule has 8 N–H and O–H groups in total. The zero-order valence-electron chi connectivity index (χ0n) is 42.7. The van der Waals surface area contributed by atoms with Crippen LogP contribution in [0.2, 0.25) is 5.82 Å². The highest BCUT2D eigenvalue weighted by atomic mass is 16.3. The SMILES string of the molecule is B[C@H](CO)C(=O)CN1C(=O)[C@H](NC(=O)Nc2cc(NC)cc(C3CC3[C@@](C)(CO)C(=O)CN3C(=O)[C@H](NC(=O)Nc4cccc(NC)c4)N=C(c4ccccn4)c4ccccc43)c2)N=C(c2ccccn2)c2ccccc21. The van der Waals surface area contributed by atoms with Crippen LogP contribution in [0.3, 0.4) is 0 Å². The molecule has 77 heavy (non-hydrogen) atoms. The predicted molar refractivity (Wildman–Crippen MR) is 297 cm³/mol. The maximum atomic E-state index is 14.9. The number of nitrogens with zero attached hydrogens (tertiary/aromatic N) is 6. The van der Waals surface area contributed by atoms with E-state index in [1.54, 1.807) is 157 Å². The number of aliphatic hydroxyl groups excluding tert-OH is 2. The number of para-hydroxylation sites is 2. The maximum Gasteiger partial charge on any atom is 0.321 e. The number of anilines is 6. The number of rotatable bonds is 18. The Hall–Kier alpha value is -9.08. The van der Waals surface area contributed by atoms with Crippen LogP contribution in [-0.4, -0.2) is 128 Å². The number of ketones is 2. The Balaban J connectivity index is 0.957. The number of pyridine rings is 2. The van der Waals surface area contributed by atoms with Gasteiger partial charge in [-0.1, -0.05) is 61.5 Å². The molecule has 1 saturated carbocycles. The second kappa shape index (κ2) is 22.8. The van der Waals surface area contributed by atoms with Gasteiger partial charge in [-0.25, -0.2) is 19.6 Å². The molecule has 3 aliphatic rings. The molecule has 2 unspecified atom stereocenters. The fraction of sp³-hybridized carbons (Fsp3) is 0.250. The summed E-state index contributed by atoms with van der Waals surface area (Å²) in [6.07, 6.45) is 0.624. The van der Waals surface area contributed by atoms with Crippen molar-refractivity contribution in [2.24, 2.45) is 21.3 Å². The third kappa shape index (κ3) is 11.3. The Morgan fingerprint density at radius 3 is 1.69 bits per heavy atom. The van der Waals surface area contributed by atoms with E-state index in [0.717, 1.165) is 11.3 Å². The lowest BCUT2D eigenvalue weighted by atomic mass is 9.79. The number of nitrogens with one attached hydrogen (secondary N) is 6. The summed E-state index contributed by atoms with van der Waals surface area (Å²) in [5.74, 6) is -3.66. The molecule has 20 nitrogen and oxygen atoms in total. The van der Waals surface area contributed by atoms with E-state index < -0.39 is 84.7 Å². The van der Waals surface area contributed by atoms with Crippen molar-refractivity contribution in [3.05, 3.63) is 168 Å². The summed E-state index contributed by atoms with van der Waals surface area (Å²) in [4.78, 5) is 106. The van der Waals surface area contributed by atoms with Gasteiger partial charge in [0.2, 0.25) is 12.3 Å². The molecule has 0 saturated heterocycles. The lowest BCUT2D eigenvalue weighted by Gasteiger charge is -2.31. The molecule has 392 valence electrons. The van der Waals surface area contributed by atoms with Crippen LogP contribution in [-0.2, 0) is 19.2 Å². The molecule has 6 aromatic rings. The molecule has 21 heteroatoms. The average Bonchev–Trinajstić information content (AvgIpc) is 4.30. The molecular weight excluding hydrogens is 980 g/mol. The first kappa shape index (κ1) is 52.8. The van der Waals surface area contributed by atoms with Crippen LogP contribution >= 0.6 is 0 Å². The smallest absolute Gasteiger partial charge is 0.321 e. The molecule has 6 amide bonds. The number of aliphatic imine (C=N–C) groups is 2. The Morgan fingerprint density at radius 1 is 0.649 bits per heavy atom. The first-order valence-electron chi connectivity index (χ1n) is 25.1. The number of hydrogen-bond donors (Lipinski definition) is 8. The third-order valence-corrected chi connectivity index (χ3v) is 14.1. The van der Waals surface area contributed by atoms with Crippen LogP contribution in [0.4, 0.5) is 43.7 Å². The number of hydrogen-bond acceptors (Lipinski definition) is 14. The molecule has 6 atom stereocenters. The number of amides is 6. The number of benzene rings is 4. The summed E-state index contributed by atoms with van der Waals surface area (Å²) in [7, 11) is 5.02. The van der Waals surface area contributed by atoms with Gasteiger partial charge >= 0.3 is 12.1 Å².